The van der Waals surface area contributed by atoms with Gasteiger partial charge in [-0.25, -0.2) is 0 Å². The number of hydrogen-bond acceptors (Lipinski definition) is 5. The molecule has 0 aliphatic heterocycles. The Morgan fingerprint density at radius 3 is 2.79 bits per heavy atom. The SMILES string of the molecule is O=C(Nc1nncs1)c1occc1-c1ccccc1. The maximum atomic E-state index is 12.1. The van der Waals surface area contributed by atoms with Crippen molar-refractivity contribution in [2.75, 3.05) is 5.32 Å². The van der Waals surface area contributed by atoms with Crippen LogP contribution in [0, 0.1) is 0 Å². The fourth-order valence-corrected chi connectivity index (χ4v) is 2.15. The summed E-state index contributed by atoms with van der Waals surface area (Å²) in [5.41, 5.74) is 3.23. The van der Waals surface area contributed by atoms with Crippen molar-refractivity contribution in [1.29, 1.82) is 0 Å². The largest absolute Gasteiger partial charge is 0.459 e. The molecule has 1 aromatic carbocycles. The monoisotopic (exact) mass is 271 g/mol. The molecule has 0 aliphatic carbocycles. The molecule has 1 N–H and O–H groups in total. The molecule has 0 saturated heterocycles. The lowest BCUT2D eigenvalue weighted by atomic mass is 10.1. The highest BCUT2D eigenvalue weighted by molar-refractivity contribution is 7.13. The zero-order valence-corrected chi connectivity index (χ0v) is 10.6. The Balaban J connectivity index is 1.90. The molecule has 0 fully saturated rings. The quantitative estimate of drug-likeness (QED) is 0.795. The predicted octanol–water partition coefficient (Wildman–Crippen LogP) is 3.05. The lowest BCUT2D eigenvalue weighted by molar-refractivity contribution is 0.0997. The minimum atomic E-state index is -0.333. The molecule has 5 nitrogen and oxygen atoms in total. The number of nitrogens with zero attached hydrogens (tertiary/aromatic N) is 2. The fourth-order valence-electron chi connectivity index (χ4n) is 1.71. The fraction of sp³-hybridized carbons (Fsp3) is 0. The number of aromatic nitrogens is 2. The van der Waals surface area contributed by atoms with Gasteiger partial charge in [0.2, 0.25) is 5.13 Å². The lowest BCUT2D eigenvalue weighted by Gasteiger charge is -2.02. The number of amides is 1. The number of hydrogen-bond donors (Lipinski definition) is 1. The van der Waals surface area contributed by atoms with Gasteiger partial charge in [0.1, 0.15) is 5.51 Å². The molecule has 94 valence electrons. The third-order valence-corrected chi connectivity index (χ3v) is 3.14. The second-order valence-electron chi connectivity index (χ2n) is 3.73. The summed E-state index contributed by atoms with van der Waals surface area (Å²) >= 11 is 1.25. The van der Waals surface area contributed by atoms with Crippen molar-refractivity contribution >= 4 is 22.4 Å². The number of carbonyl (C=O) groups excluding carboxylic acids is 1. The van der Waals surface area contributed by atoms with Gasteiger partial charge >= 0.3 is 0 Å². The molecule has 6 heteroatoms. The number of anilines is 1. The summed E-state index contributed by atoms with van der Waals surface area (Å²) in [5, 5.41) is 10.5. The highest BCUT2D eigenvalue weighted by Crippen LogP contribution is 2.25. The standard InChI is InChI=1S/C13H9N3O2S/c17-12(15-13-16-14-8-19-13)11-10(6-7-18-11)9-4-2-1-3-5-9/h1-8H,(H,15,16,17). The Bertz CT molecular complexity index is 677. The van der Waals surface area contributed by atoms with Crippen molar-refractivity contribution in [1.82, 2.24) is 10.2 Å². The summed E-state index contributed by atoms with van der Waals surface area (Å²) in [5.74, 6) is -0.0676. The number of benzene rings is 1. The number of furan rings is 1. The molecule has 3 aromatic rings. The van der Waals surface area contributed by atoms with Crippen LogP contribution in [0.3, 0.4) is 0 Å². The van der Waals surface area contributed by atoms with Crippen molar-refractivity contribution < 1.29 is 9.21 Å². The lowest BCUT2D eigenvalue weighted by Crippen LogP contribution is -2.11. The smallest absolute Gasteiger partial charge is 0.293 e. The van der Waals surface area contributed by atoms with Gasteiger partial charge in [0.15, 0.2) is 5.76 Å². The van der Waals surface area contributed by atoms with Gasteiger partial charge < -0.3 is 4.42 Å². The van der Waals surface area contributed by atoms with E-state index in [9.17, 15) is 4.79 Å². The van der Waals surface area contributed by atoms with E-state index in [4.69, 9.17) is 4.42 Å². The molecule has 0 spiro atoms. The van der Waals surface area contributed by atoms with Crippen molar-refractivity contribution in [3.05, 3.63) is 53.9 Å². The van der Waals surface area contributed by atoms with Crippen LogP contribution >= 0.6 is 11.3 Å². The molecule has 0 unspecified atom stereocenters. The van der Waals surface area contributed by atoms with Crippen molar-refractivity contribution in [2.24, 2.45) is 0 Å². The Hall–Kier alpha value is -2.47. The number of nitrogens with one attached hydrogen (secondary N) is 1. The molecule has 0 bridgehead atoms. The van der Waals surface area contributed by atoms with E-state index < -0.39 is 0 Å². The molecule has 19 heavy (non-hydrogen) atoms. The highest BCUT2D eigenvalue weighted by Gasteiger charge is 2.17. The Morgan fingerprint density at radius 1 is 1.21 bits per heavy atom. The van der Waals surface area contributed by atoms with Crippen LogP contribution in [0.4, 0.5) is 5.13 Å². The third kappa shape index (κ3) is 2.38. The van der Waals surface area contributed by atoms with Crippen LogP contribution < -0.4 is 5.32 Å². The first-order valence-corrected chi connectivity index (χ1v) is 6.43. The molecule has 0 atom stereocenters. The number of carbonyl (C=O) groups is 1. The summed E-state index contributed by atoms with van der Waals surface area (Å²) in [7, 11) is 0. The zero-order chi connectivity index (χ0) is 13.1. The van der Waals surface area contributed by atoms with Gasteiger partial charge in [-0.1, -0.05) is 41.7 Å². The summed E-state index contributed by atoms with van der Waals surface area (Å²) in [6.07, 6.45) is 1.50. The normalized spacial score (nSPS) is 10.3. The molecule has 2 heterocycles. The second kappa shape index (κ2) is 5.03. The minimum Gasteiger partial charge on any atom is -0.459 e. The van der Waals surface area contributed by atoms with Crippen molar-refractivity contribution in [3.63, 3.8) is 0 Å². The Morgan fingerprint density at radius 2 is 2.05 bits per heavy atom. The van der Waals surface area contributed by atoms with E-state index in [2.05, 4.69) is 15.5 Å². The van der Waals surface area contributed by atoms with E-state index in [1.807, 2.05) is 30.3 Å². The molecule has 2 aromatic heterocycles. The first-order chi connectivity index (χ1) is 9.34. The predicted molar refractivity (Wildman–Crippen MR) is 72.0 cm³/mol. The van der Waals surface area contributed by atoms with Gasteiger partial charge in [-0.2, -0.15) is 0 Å². The first-order valence-electron chi connectivity index (χ1n) is 5.55. The van der Waals surface area contributed by atoms with E-state index in [1.165, 1.54) is 17.6 Å². The zero-order valence-electron chi connectivity index (χ0n) is 9.74. The Kier molecular flexibility index (Phi) is 3.07. The number of rotatable bonds is 3. The van der Waals surface area contributed by atoms with Crippen molar-refractivity contribution in [3.8, 4) is 11.1 Å². The van der Waals surface area contributed by atoms with Crippen LogP contribution in [0.15, 0.2) is 52.6 Å². The van der Waals surface area contributed by atoms with Gasteiger partial charge in [-0.05, 0) is 11.6 Å². The van der Waals surface area contributed by atoms with Gasteiger partial charge in [0, 0.05) is 5.56 Å². The average Bonchev–Trinajstić information content (AvgIpc) is 3.10. The van der Waals surface area contributed by atoms with E-state index >= 15 is 0 Å². The van der Waals surface area contributed by atoms with E-state index in [1.54, 1.807) is 11.6 Å². The van der Waals surface area contributed by atoms with Gasteiger partial charge in [0.25, 0.3) is 5.91 Å². The molecule has 0 saturated carbocycles. The van der Waals surface area contributed by atoms with Gasteiger partial charge in [-0.15, -0.1) is 10.2 Å². The molecular formula is C13H9N3O2S. The van der Waals surface area contributed by atoms with Gasteiger partial charge in [0.05, 0.1) is 6.26 Å². The van der Waals surface area contributed by atoms with Crippen LogP contribution in [-0.4, -0.2) is 16.1 Å². The van der Waals surface area contributed by atoms with Crippen LogP contribution in [0.25, 0.3) is 11.1 Å². The summed E-state index contributed by atoms with van der Waals surface area (Å²) in [4.78, 5) is 12.1. The molecule has 1 amide bonds. The van der Waals surface area contributed by atoms with E-state index in [0.29, 0.717) is 5.13 Å². The topological polar surface area (TPSA) is 68.0 Å². The third-order valence-electron chi connectivity index (χ3n) is 2.54. The highest BCUT2D eigenvalue weighted by atomic mass is 32.1. The molecular weight excluding hydrogens is 262 g/mol. The maximum Gasteiger partial charge on any atom is 0.293 e. The van der Waals surface area contributed by atoms with Gasteiger partial charge in [-0.3, -0.25) is 10.1 Å². The maximum absolute atomic E-state index is 12.1. The summed E-state index contributed by atoms with van der Waals surface area (Å²) < 4.78 is 5.27. The van der Waals surface area contributed by atoms with Crippen LogP contribution in [0.2, 0.25) is 0 Å². The van der Waals surface area contributed by atoms with Crippen LogP contribution in [0.1, 0.15) is 10.6 Å². The Labute approximate surface area is 112 Å². The summed E-state index contributed by atoms with van der Waals surface area (Å²) in [6.45, 7) is 0. The average molecular weight is 271 g/mol. The van der Waals surface area contributed by atoms with Crippen LogP contribution in [0.5, 0.6) is 0 Å². The second-order valence-corrected chi connectivity index (χ2v) is 4.56. The summed E-state index contributed by atoms with van der Waals surface area (Å²) in [6, 6.07) is 11.4. The molecule has 0 radical (unpaired) electrons. The first kappa shape index (κ1) is 11.6. The van der Waals surface area contributed by atoms with Crippen molar-refractivity contribution in [2.45, 2.75) is 0 Å². The van der Waals surface area contributed by atoms with Crippen LogP contribution in [-0.2, 0) is 0 Å². The van der Waals surface area contributed by atoms with E-state index in [-0.39, 0.29) is 11.7 Å². The minimum absolute atomic E-state index is 0.265. The molecule has 3 rings (SSSR count). The van der Waals surface area contributed by atoms with E-state index in [0.717, 1.165) is 11.1 Å². The molecule has 0 aliphatic rings.